The van der Waals surface area contributed by atoms with Crippen molar-refractivity contribution in [1.82, 2.24) is 0 Å². The second-order valence-electron chi connectivity index (χ2n) is 4.96. The van der Waals surface area contributed by atoms with Crippen molar-refractivity contribution in [1.29, 1.82) is 0 Å². The molecule has 0 aromatic heterocycles. The van der Waals surface area contributed by atoms with Gasteiger partial charge < -0.3 is 0 Å². The average molecular weight is 271 g/mol. The number of halogens is 2. The third-order valence-electron chi connectivity index (χ3n) is 3.51. The number of hydrogen-bond acceptors (Lipinski definition) is 1. The van der Waals surface area contributed by atoms with E-state index in [0.29, 0.717) is 21.5 Å². The van der Waals surface area contributed by atoms with Crippen LogP contribution in [0.3, 0.4) is 0 Å². The second kappa shape index (κ2) is 5.41. The monoisotopic (exact) mass is 270 g/mol. The molecule has 1 aliphatic carbocycles. The summed E-state index contributed by atoms with van der Waals surface area (Å²) in [7, 11) is 0. The van der Waals surface area contributed by atoms with Gasteiger partial charge in [-0.15, -0.1) is 0 Å². The minimum absolute atomic E-state index is 0.163. The van der Waals surface area contributed by atoms with Gasteiger partial charge in [0.25, 0.3) is 0 Å². The van der Waals surface area contributed by atoms with Crippen molar-refractivity contribution in [2.24, 2.45) is 11.8 Å². The first-order valence-corrected chi connectivity index (χ1v) is 6.83. The molecule has 92 valence electrons. The molecule has 3 heteroatoms. The van der Waals surface area contributed by atoms with Crippen LogP contribution in [0.1, 0.15) is 43.0 Å². The predicted octanol–water partition coefficient (Wildman–Crippen LogP) is 5.00. The maximum Gasteiger partial charge on any atom is 0.166 e. The predicted molar refractivity (Wildman–Crippen MR) is 71.9 cm³/mol. The van der Waals surface area contributed by atoms with Gasteiger partial charge in [0, 0.05) is 11.5 Å². The molecular weight excluding hydrogens is 255 g/mol. The van der Waals surface area contributed by atoms with Crippen LogP contribution in [0, 0.1) is 11.8 Å². The number of Topliss-reactive ketones (excluding diaryl/α,β-unsaturated/α-hetero) is 1. The quantitative estimate of drug-likeness (QED) is 0.691. The average Bonchev–Trinajstić information content (AvgIpc) is 2.32. The van der Waals surface area contributed by atoms with Gasteiger partial charge in [-0.25, -0.2) is 0 Å². The molecular formula is C14H16Cl2O. The van der Waals surface area contributed by atoms with Crippen molar-refractivity contribution in [3.63, 3.8) is 0 Å². The molecule has 1 fully saturated rings. The van der Waals surface area contributed by atoms with Crippen molar-refractivity contribution in [3.05, 3.63) is 33.8 Å². The number of rotatable bonds is 2. The van der Waals surface area contributed by atoms with Crippen LogP contribution < -0.4 is 0 Å². The summed E-state index contributed by atoms with van der Waals surface area (Å²) < 4.78 is 0. The Labute approximate surface area is 112 Å². The summed E-state index contributed by atoms with van der Waals surface area (Å²) in [5.74, 6) is 1.03. The maximum absolute atomic E-state index is 12.3. The highest BCUT2D eigenvalue weighted by atomic mass is 35.5. The van der Waals surface area contributed by atoms with Crippen LogP contribution in [0.25, 0.3) is 0 Å². The first-order chi connectivity index (χ1) is 8.08. The molecule has 1 aliphatic rings. The lowest BCUT2D eigenvalue weighted by molar-refractivity contribution is 0.0868. The Morgan fingerprint density at radius 1 is 1.24 bits per heavy atom. The lowest BCUT2D eigenvalue weighted by Crippen LogP contribution is -2.21. The topological polar surface area (TPSA) is 17.1 Å². The maximum atomic E-state index is 12.3. The molecule has 1 aromatic rings. The SMILES string of the molecule is CC1CCCC(C(=O)c2ccc(Cl)c(Cl)c2)C1. The van der Waals surface area contributed by atoms with Crippen LogP contribution in [-0.2, 0) is 0 Å². The molecule has 0 N–H and O–H groups in total. The largest absolute Gasteiger partial charge is 0.294 e. The van der Waals surface area contributed by atoms with Gasteiger partial charge in [-0.05, 0) is 37.0 Å². The van der Waals surface area contributed by atoms with Crippen LogP contribution >= 0.6 is 23.2 Å². The Morgan fingerprint density at radius 3 is 2.65 bits per heavy atom. The van der Waals surface area contributed by atoms with Gasteiger partial charge >= 0.3 is 0 Å². The van der Waals surface area contributed by atoms with Crippen molar-refractivity contribution >= 4 is 29.0 Å². The fraction of sp³-hybridized carbons (Fsp3) is 0.500. The van der Waals surface area contributed by atoms with E-state index in [0.717, 1.165) is 19.3 Å². The molecule has 2 rings (SSSR count). The summed E-state index contributed by atoms with van der Waals surface area (Å²) in [5, 5.41) is 0.960. The molecule has 0 radical (unpaired) electrons. The van der Waals surface area contributed by atoms with Gasteiger partial charge in [0.05, 0.1) is 10.0 Å². The minimum Gasteiger partial charge on any atom is -0.294 e. The molecule has 17 heavy (non-hydrogen) atoms. The summed E-state index contributed by atoms with van der Waals surface area (Å²) >= 11 is 11.8. The fourth-order valence-electron chi connectivity index (χ4n) is 2.56. The van der Waals surface area contributed by atoms with E-state index in [2.05, 4.69) is 6.92 Å². The number of carbonyl (C=O) groups is 1. The molecule has 0 saturated heterocycles. The molecule has 2 atom stereocenters. The molecule has 0 amide bonds. The Bertz CT molecular complexity index is 428. The Hall–Kier alpha value is -0.530. The van der Waals surface area contributed by atoms with Gasteiger partial charge in [0.15, 0.2) is 5.78 Å². The van der Waals surface area contributed by atoms with Gasteiger partial charge in [-0.2, -0.15) is 0 Å². The Kier molecular flexibility index (Phi) is 4.11. The van der Waals surface area contributed by atoms with E-state index in [1.54, 1.807) is 18.2 Å². The molecule has 1 nitrogen and oxygen atoms in total. The lowest BCUT2D eigenvalue weighted by Gasteiger charge is -2.25. The summed E-state index contributed by atoms with van der Waals surface area (Å²) in [6.07, 6.45) is 4.40. The molecule has 0 bridgehead atoms. The molecule has 0 heterocycles. The van der Waals surface area contributed by atoms with Gasteiger partial charge in [-0.3, -0.25) is 4.79 Å². The number of hydrogen-bond donors (Lipinski definition) is 0. The zero-order valence-electron chi connectivity index (χ0n) is 9.88. The fourth-order valence-corrected chi connectivity index (χ4v) is 2.86. The van der Waals surface area contributed by atoms with E-state index in [1.807, 2.05) is 0 Å². The zero-order chi connectivity index (χ0) is 12.4. The van der Waals surface area contributed by atoms with E-state index in [9.17, 15) is 4.79 Å². The van der Waals surface area contributed by atoms with Gasteiger partial charge in [0.2, 0.25) is 0 Å². The van der Waals surface area contributed by atoms with Crippen LogP contribution in [0.15, 0.2) is 18.2 Å². The van der Waals surface area contributed by atoms with Crippen molar-refractivity contribution in [3.8, 4) is 0 Å². The number of ketones is 1. The molecule has 2 unspecified atom stereocenters. The van der Waals surface area contributed by atoms with Crippen LogP contribution in [0.5, 0.6) is 0 Å². The van der Waals surface area contributed by atoms with Crippen LogP contribution in [0.2, 0.25) is 10.0 Å². The lowest BCUT2D eigenvalue weighted by atomic mass is 9.79. The van der Waals surface area contributed by atoms with Crippen molar-refractivity contribution in [2.45, 2.75) is 32.6 Å². The van der Waals surface area contributed by atoms with Crippen LogP contribution in [0.4, 0.5) is 0 Å². The van der Waals surface area contributed by atoms with E-state index < -0.39 is 0 Å². The highest BCUT2D eigenvalue weighted by Gasteiger charge is 2.26. The summed E-state index contributed by atoms with van der Waals surface area (Å²) in [6.45, 7) is 2.22. The minimum atomic E-state index is 0.163. The first-order valence-electron chi connectivity index (χ1n) is 6.07. The highest BCUT2D eigenvalue weighted by Crippen LogP contribution is 2.32. The van der Waals surface area contributed by atoms with E-state index in [1.165, 1.54) is 6.42 Å². The van der Waals surface area contributed by atoms with E-state index >= 15 is 0 Å². The summed E-state index contributed by atoms with van der Waals surface area (Å²) in [5.41, 5.74) is 0.693. The van der Waals surface area contributed by atoms with Gasteiger partial charge in [0.1, 0.15) is 0 Å². The summed E-state index contributed by atoms with van der Waals surface area (Å²) in [4.78, 5) is 12.3. The standard InChI is InChI=1S/C14H16Cl2O/c1-9-3-2-4-10(7-9)14(17)11-5-6-12(15)13(16)8-11/h5-6,8-10H,2-4,7H2,1H3. The van der Waals surface area contributed by atoms with E-state index in [-0.39, 0.29) is 11.7 Å². The number of carbonyl (C=O) groups excluding carboxylic acids is 1. The third kappa shape index (κ3) is 3.02. The Morgan fingerprint density at radius 2 is 2.00 bits per heavy atom. The van der Waals surface area contributed by atoms with E-state index in [4.69, 9.17) is 23.2 Å². The first kappa shape index (κ1) is 12.9. The zero-order valence-corrected chi connectivity index (χ0v) is 11.4. The summed E-state index contributed by atoms with van der Waals surface area (Å²) in [6, 6.07) is 5.16. The van der Waals surface area contributed by atoms with Crippen molar-refractivity contribution < 1.29 is 4.79 Å². The highest BCUT2D eigenvalue weighted by molar-refractivity contribution is 6.42. The Balaban J connectivity index is 2.15. The second-order valence-corrected chi connectivity index (χ2v) is 5.78. The molecule has 0 aliphatic heterocycles. The molecule has 1 aromatic carbocycles. The van der Waals surface area contributed by atoms with Crippen LogP contribution in [-0.4, -0.2) is 5.78 Å². The molecule has 0 spiro atoms. The normalized spacial score (nSPS) is 24.6. The van der Waals surface area contributed by atoms with Crippen molar-refractivity contribution in [2.75, 3.05) is 0 Å². The number of benzene rings is 1. The smallest absolute Gasteiger partial charge is 0.166 e. The molecule has 1 saturated carbocycles. The third-order valence-corrected chi connectivity index (χ3v) is 4.25. The van der Waals surface area contributed by atoms with Gasteiger partial charge in [-0.1, -0.05) is 43.0 Å².